The van der Waals surface area contributed by atoms with Gasteiger partial charge in [-0.25, -0.2) is 0 Å². The van der Waals surface area contributed by atoms with E-state index in [0.717, 1.165) is 17.3 Å². The maximum atomic E-state index is 11.8. The van der Waals surface area contributed by atoms with Gasteiger partial charge in [0.15, 0.2) is 0 Å². The van der Waals surface area contributed by atoms with E-state index >= 15 is 0 Å². The molecule has 1 aliphatic rings. The van der Waals surface area contributed by atoms with Crippen LogP contribution in [0.15, 0.2) is 53.0 Å². The molecule has 2 nitrogen and oxygen atoms in total. The second-order valence-electron chi connectivity index (χ2n) is 5.83. The third kappa shape index (κ3) is 3.09. The maximum absolute atomic E-state index is 11.8. The molecule has 1 aliphatic carbocycles. The summed E-state index contributed by atoms with van der Waals surface area (Å²) < 4.78 is 1.14. The Morgan fingerprint density at radius 3 is 2.68 bits per heavy atom. The number of amides is 1. The van der Waals surface area contributed by atoms with Crippen LogP contribution in [-0.2, 0) is 11.2 Å². The van der Waals surface area contributed by atoms with Crippen molar-refractivity contribution in [1.82, 2.24) is 5.32 Å². The molecule has 0 radical (unpaired) electrons. The lowest BCUT2D eigenvalue weighted by atomic mass is 9.76. The Morgan fingerprint density at radius 2 is 1.95 bits per heavy atom. The topological polar surface area (TPSA) is 29.1 Å². The smallest absolute Gasteiger partial charge is 0.219 e. The monoisotopic (exact) mass is 357 g/mol. The van der Waals surface area contributed by atoms with Gasteiger partial charge in [-0.3, -0.25) is 4.79 Å². The number of halogens is 1. The van der Waals surface area contributed by atoms with E-state index in [9.17, 15) is 4.79 Å². The molecule has 0 aromatic heterocycles. The average molecular weight is 358 g/mol. The zero-order chi connectivity index (χ0) is 15.5. The highest BCUT2D eigenvalue weighted by molar-refractivity contribution is 9.10. The maximum Gasteiger partial charge on any atom is 0.219 e. The number of carbonyl (C=O) groups excluding carboxylic acids is 1. The summed E-state index contributed by atoms with van der Waals surface area (Å²) in [6.07, 6.45) is 2.39. The summed E-state index contributed by atoms with van der Waals surface area (Å²) in [5, 5.41) is 3.18. The largest absolute Gasteiger partial charge is 0.353 e. The summed E-state index contributed by atoms with van der Waals surface area (Å²) in [6.45, 7) is 1.90. The van der Waals surface area contributed by atoms with E-state index < -0.39 is 0 Å². The van der Waals surface area contributed by atoms with Crippen LogP contribution < -0.4 is 5.32 Å². The van der Waals surface area contributed by atoms with Crippen molar-refractivity contribution >= 4 is 21.8 Å². The minimum absolute atomic E-state index is 0.132. The standard InChI is InChI=1S/C19H20BrNO/c1-2-19(22)21-14-11-16(13-7-4-3-5-8-13)15-9-6-10-18(20)17(15)12-14/h3-10,14,16H,2,11-12H2,1H3,(H,21,22)/t14-,16-/m0/s1. The third-order valence-electron chi connectivity index (χ3n) is 4.39. The van der Waals surface area contributed by atoms with Gasteiger partial charge in [-0.1, -0.05) is 65.3 Å². The van der Waals surface area contributed by atoms with Crippen molar-refractivity contribution < 1.29 is 4.79 Å². The van der Waals surface area contributed by atoms with E-state index in [2.05, 4.69) is 63.7 Å². The molecule has 2 aromatic carbocycles. The van der Waals surface area contributed by atoms with E-state index in [4.69, 9.17) is 0 Å². The summed E-state index contributed by atoms with van der Waals surface area (Å²) in [7, 11) is 0. The van der Waals surface area contributed by atoms with Crippen molar-refractivity contribution in [2.24, 2.45) is 0 Å². The number of nitrogens with one attached hydrogen (secondary N) is 1. The van der Waals surface area contributed by atoms with Crippen LogP contribution >= 0.6 is 15.9 Å². The molecule has 0 fully saturated rings. The molecule has 3 rings (SSSR count). The molecule has 0 aliphatic heterocycles. The predicted molar refractivity (Wildman–Crippen MR) is 93.0 cm³/mol. The van der Waals surface area contributed by atoms with Gasteiger partial charge in [0, 0.05) is 22.9 Å². The number of benzene rings is 2. The van der Waals surface area contributed by atoms with Gasteiger partial charge in [0.25, 0.3) is 0 Å². The molecule has 2 atom stereocenters. The van der Waals surface area contributed by atoms with Crippen LogP contribution in [0.5, 0.6) is 0 Å². The van der Waals surface area contributed by atoms with Crippen molar-refractivity contribution in [2.45, 2.75) is 38.1 Å². The zero-order valence-corrected chi connectivity index (χ0v) is 14.3. The quantitative estimate of drug-likeness (QED) is 0.865. The fourth-order valence-corrected chi connectivity index (χ4v) is 3.84. The van der Waals surface area contributed by atoms with Gasteiger partial charge >= 0.3 is 0 Å². The third-order valence-corrected chi connectivity index (χ3v) is 5.13. The molecule has 3 heteroatoms. The van der Waals surface area contributed by atoms with Gasteiger partial charge in [-0.15, -0.1) is 0 Å². The molecule has 0 heterocycles. The summed E-state index contributed by atoms with van der Waals surface area (Å²) in [5.41, 5.74) is 4.02. The molecule has 2 aromatic rings. The number of hydrogen-bond donors (Lipinski definition) is 1. The van der Waals surface area contributed by atoms with Crippen LogP contribution in [-0.4, -0.2) is 11.9 Å². The van der Waals surface area contributed by atoms with Crippen molar-refractivity contribution in [3.8, 4) is 0 Å². The molecule has 0 saturated carbocycles. The lowest BCUT2D eigenvalue weighted by Crippen LogP contribution is -2.40. The summed E-state index contributed by atoms with van der Waals surface area (Å²) >= 11 is 3.68. The van der Waals surface area contributed by atoms with E-state index in [-0.39, 0.29) is 11.9 Å². The van der Waals surface area contributed by atoms with Crippen LogP contribution in [0.25, 0.3) is 0 Å². The first kappa shape index (κ1) is 15.3. The first-order valence-corrected chi connectivity index (χ1v) is 8.60. The Bertz CT molecular complexity index is 668. The fraction of sp³-hybridized carbons (Fsp3) is 0.316. The van der Waals surface area contributed by atoms with Crippen LogP contribution in [0.4, 0.5) is 0 Å². The highest BCUT2D eigenvalue weighted by atomic mass is 79.9. The Labute approximate surface area is 140 Å². The molecule has 1 amide bonds. The van der Waals surface area contributed by atoms with Crippen LogP contribution in [0.2, 0.25) is 0 Å². The molecule has 22 heavy (non-hydrogen) atoms. The van der Waals surface area contributed by atoms with Crippen molar-refractivity contribution in [3.63, 3.8) is 0 Å². The minimum atomic E-state index is 0.132. The van der Waals surface area contributed by atoms with Gasteiger partial charge in [0.05, 0.1) is 0 Å². The summed E-state index contributed by atoms with van der Waals surface area (Å²) in [5.74, 6) is 0.469. The van der Waals surface area contributed by atoms with E-state index in [0.29, 0.717) is 12.3 Å². The van der Waals surface area contributed by atoms with Crippen molar-refractivity contribution in [1.29, 1.82) is 0 Å². The Kier molecular flexibility index (Phi) is 4.63. The predicted octanol–water partition coefficient (Wildman–Crippen LogP) is 4.42. The highest BCUT2D eigenvalue weighted by Crippen LogP contribution is 2.39. The number of hydrogen-bond acceptors (Lipinski definition) is 1. The van der Waals surface area contributed by atoms with Crippen molar-refractivity contribution in [3.05, 3.63) is 69.7 Å². The van der Waals surface area contributed by atoms with Crippen LogP contribution in [0.1, 0.15) is 42.4 Å². The minimum Gasteiger partial charge on any atom is -0.353 e. The Balaban J connectivity index is 1.98. The SMILES string of the molecule is CCC(=O)N[C@@H]1Cc2c(Br)cccc2[C@H](c2ccccc2)C1. The normalized spacial score (nSPS) is 20.3. The molecular formula is C19H20BrNO. The molecule has 0 unspecified atom stereocenters. The highest BCUT2D eigenvalue weighted by Gasteiger charge is 2.29. The second-order valence-corrected chi connectivity index (χ2v) is 6.68. The van der Waals surface area contributed by atoms with Crippen molar-refractivity contribution in [2.75, 3.05) is 0 Å². The average Bonchev–Trinajstić information content (AvgIpc) is 2.56. The van der Waals surface area contributed by atoms with Gasteiger partial charge in [0.2, 0.25) is 5.91 Å². The lowest BCUT2D eigenvalue weighted by Gasteiger charge is -2.33. The van der Waals surface area contributed by atoms with Crippen LogP contribution in [0, 0.1) is 0 Å². The molecule has 0 bridgehead atoms. The Morgan fingerprint density at radius 1 is 1.18 bits per heavy atom. The molecule has 0 spiro atoms. The summed E-state index contributed by atoms with van der Waals surface area (Å²) in [4.78, 5) is 11.8. The molecule has 114 valence electrons. The van der Waals surface area contributed by atoms with Crippen LogP contribution in [0.3, 0.4) is 0 Å². The molecule has 1 N–H and O–H groups in total. The molecular weight excluding hydrogens is 338 g/mol. The van der Waals surface area contributed by atoms with E-state index in [1.807, 2.05) is 13.0 Å². The number of rotatable bonds is 3. The number of fused-ring (bicyclic) bond motifs is 1. The van der Waals surface area contributed by atoms with Gasteiger partial charge in [-0.05, 0) is 35.6 Å². The number of carbonyl (C=O) groups is 1. The second kappa shape index (κ2) is 6.66. The first-order valence-electron chi connectivity index (χ1n) is 7.80. The fourth-order valence-electron chi connectivity index (χ4n) is 3.30. The zero-order valence-electron chi connectivity index (χ0n) is 12.7. The van der Waals surface area contributed by atoms with E-state index in [1.165, 1.54) is 16.7 Å². The lowest BCUT2D eigenvalue weighted by molar-refractivity contribution is -0.121. The van der Waals surface area contributed by atoms with Gasteiger partial charge in [0.1, 0.15) is 0 Å². The van der Waals surface area contributed by atoms with Gasteiger partial charge in [-0.2, -0.15) is 0 Å². The molecule has 0 saturated heterocycles. The van der Waals surface area contributed by atoms with E-state index in [1.54, 1.807) is 0 Å². The summed E-state index contributed by atoms with van der Waals surface area (Å²) in [6, 6.07) is 17.2. The van der Waals surface area contributed by atoms with Gasteiger partial charge < -0.3 is 5.32 Å². The first-order chi connectivity index (χ1) is 10.7. The Hall–Kier alpha value is -1.61.